The van der Waals surface area contributed by atoms with Crippen molar-refractivity contribution in [1.82, 2.24) is 40.4 Å². The minimum absolute atomic E-state index is 0.0132. The molecule has 16 nitrogen and oxygen atoms in total. The standard InChI is InChI=1S/C51H62N8O8/c1-6-27(3)43(56-50(62)64-4)48(60)59-39-10-8-9-31(39)23-41(59)46-52-25-38(54-46)30-11-14-34-32(21-30)26-67-42-24-35-29(22-36(34)42)12-15-37-45(35)55-47(53-37)40-16-13-33(7-2)58(40)49(61)44(57-51(63)65-5)28-17-19-66-20-18-28/h11-12,14-15,21-22,24-25,27-28,31,33,39-41,43-44H,6-10,13,16-20,23,26H2,1-5H3,(H,52,54)(H,53,55)(H,56,62)(H,57,63)/t27-,31-,33-,39-,40-,41-,43-,44-/m0/s1. The first-order valence-electron chi connectivity index (χ1n) is 24.3. The third kappa shape index (κ3) is 8.14. The van der Waals surface area contributed by atoms with Crippen LogP contribution in [-0.4, -0.2) is 105 Å². The van der Waals surface area contributed by atoms with Crippen LogP contribution in [0.3, 0.4) is 0 Å². The van der Waals surface area contributed by atoms with E-state index >= 15 is 0 Å². The number of amides is 4. The number of nitrogens with one attached hydrogen (secondary N) is 4. The molecule has 0 radical (unpaired) electrons. The first kappa shape index (κ1) is 44.7. The van der Waals surface area contributed by atoms with Gasteiger partial charge in [0.1, 0.15) is 36.1 Å². The van der Waals surface area contributed by atoms with Gasteiger partial charge in [-0.1, -0.05) is 51.8 Å². The van der Waals surface area contributed by atoms with Crippen molar-refractivity contribution in [2.45, 2.75) is 128 Å². The van der Waals surface area contributed by atoms with E-state index in [1.165, 1.54) is 14.2 Å². The highest BCUT2D eigenvalue weighted by molar-refractivity contribution is 6.07. The summed E-state index contributed by atoms with van der Waals surface area (Å²) in [6, 6.07) is 13.0. The maximum absolute atomic E-state index is 14.6. The summed E-state index contributed by atoms with van der Waals surface area (Å²) >= 11 is 0. The lowest BCUT2D eigenvalue weighted by Gasteiger charge is -2.36. The van der Waals surface area contributed by atoms with E-state index in [1.54, 1.807) is 0 Å². The van der Waals surface area contributed by atoms with E-state index in [0.717, 1.165) is 119 Å². The van der Waals surface area contributed by atoms with E-state index in [0.29, 0.717) is 38.6 Å². The number of aromatic amines is 2. The zero-order valence-electron chi connectivity index (χ0n) is 39.1. The van der Waals surface area contributed by atoms with Crippen LogP contribution in [0.2, 0.25) is 0 Å². The normalized spacial score (nSPS) is 23.8. The quantitative estimate of drug-likeness (QED) is 0.0999. The van der Waals surface area contributed by atoms with Crippen LogP contribution in [0.25, 0.3) is 44.2 Å². The number of alkyl carbamates (subject to hydrolysis) is 2. The van der Waals surface area contributed by atoms with Crippen molar-refractivity contribution in [3.8, 4) is 28.1 Å². The first-order valence-corrected chi connectivity index (χ1v) is 24.3. The van der Waals surface area contributed by atoms with Crippen molar-refractivity contribution >= 4 is 45.8 Å². The summed E-state index contributed by atoms with van der Waals surface area (Å²) < 4.78 is 22.0. The lowest BCUT2D eigenvalue weighted by molar-refractivity contribution is -0.139. The number of likely N-dealkylation sites (tertiary alicyclic amines) is 2. The van der Waals surface area contributed by atoms with Crippen molar-refractivity contribution in [1.29, 1.82) is 0 Å². The van der Waals surface area contributed by atoms with Crippen molar-refractivity contribution in [3.63, 3.8) is 0 Å². The number of fused-ring (bicyclic) bond motifs is 7. The predicted octanol–water partition coefficient (Wildman–Crippen LogP) is 8.47. The van der Waals surface area contributed by atoms with E-state index < -0.39 is 24.3 Å². The molecule has 4 amide bonds. The summed E-state index contributed by atoms with van der Waals surface area (Å²) in [5.74, 6) is 2.34. The SMILES string of the molecule is CC[C@H]1CC[C@@H](c2nc3c(ccc4cc5c(cc43)OCc3cc(-c4cnc([C@@H]6C[C@@H]7CCC[C@@H]7N6C(=O)[C@@H](NC(=O)OC)[C@@H](C)CC)[nH]4)ccc3-5)[nH]2)N1C(=O)[C@@H](NC(=O)OC)C1CCOCC1. The Morgan fingerprint density at radius 3 is 2.43 bits per heavy atom. The Morgan fingerprint density at radius 1 is 0.851 bits per heavy atom. The smallest absolute Gasteiger partial charge is 0.407 e. The summed E-state index contributed by atoms with van der Waals surface area (Å²) in [5.41, 5.74) is 6.68. The van der Waals surface area contributed by atoms with Gasteiger partial charge in [-0.15, -0.1) is 0 Å². The van der Waals surface area contributed by atoms with Crippen LogP contribution in [-0.2, 0) is 30.4 Å². The number of hydrogen-bond donors (Lipinski definition) is 4. The van der Waals surface area contributed by atoms with Crippen molar-refractivity contribution in [3.05, 3.63) is 65.9 Å². The minimum Gasteiger partial charge on any atom is -0.488 e. The second-order valence-corrected chi connectivity index (χ2v) is 19.2. The highest BCUT2D eigenvalue weighted by Crippen LogP contribution is 2.48. The molecule has 3 saturated heterocycles. The van der Waals surface area contributed by atoms with Gasteiger partial charge in [0.2, 0.25) is 11.8 Å². The Balaban J connectivity index is 0.911. The molecule has 1 aliphatic carbocycles. The fourth-order valence-corrected chi connectivity index (χ4v) is 11.8. The number of H-pyrrole nitrogens is 2. The Bertz CT molecular complexity index is 2690. The highest BCUT2D eigenvalue weighted by atomic mass is 16.5. The molecule has 3 aromatic carbocycles. The molecule has 8 atom stereocenters. The van der Waals surface area contributed by atoms with E-state index in [2.05, 4.69) is 70.0 Å². The molecule has 0 bridgehead atoms. The van der Waals surface area contributed by atoms with E-state index in [1.807, 2.05) is 29.8 Å². The molecule has 5 aliphatic rings. The summed E-state index contributed by atoms with van der Waals surface area (Å²) in [6.45, 7) is 7.60. The molecule has 4 N–H and O–H groups in total. The van der Waals surface area contributed by atoms with Crippen molar-refractivity contribution in [2.24, 2.45) is 17.8 Å². The molecule has 4 fully saturated rings. The van der Waals surface area contributed by atoms with Gasteiger partial charge in [-0.25, -0.2) is 19.6 Å². The molecular weight excluding hydrogens is 853 g/mol. The van der Waals surface area contributed by atoms with Crippen LogP contribution in [0, 0.1) is 17.8 Å². The highest BCUT2D eigenvalue weighted by Gasteiger charge is 2.50. The second-order valence-electron chi connectivity index (χ2n) is 19.2. The van der Waals surface area contributed by atoms with Gasteiger partial charge in [-0.3, -0.25) is 9.59 Å². The maximum atomic E-state index is 14.6. The number of carbonyl (C=O) groups is 4. The van der Waals surface area contributed by atoms with Gasteiger partial charge < -0.3 is 49.3 Å². The number of aromatic nitrogens is 4. The van der Waals surface area contributed by atoms with E-state index in [4.69, 9.17) is 28.9 Å². The van der Waals surface area contributed by atoms with Gasteiger partial charge in [0.15, 0.2) is 0 Å². The third-order valence-corrected chi connectivity index (χ3v) is 15.6. The fraction of sp³-hybridized carbons (Fsp3) is 0.529. The molecule has 16 heteroatoms. The summed E-state index contributed by atoms with van der Waals surface area (Å²) in [5, 5.41) is 7.70. The first-order chi connectivity index (χ1) is 32.6. The number of ether oxygens (including phenoxy) is 4. The van der Waals surface area contributed by atoms with Crippen LogP contribution < -0.4 is 15.4 Å². The minimum atomic E-state index is -0.720. The Labute approximate surface area is 390 Å². The van der Waals surface area contributed by atoms with Gasteiger partial charge in [-0.05, 0) is 115 Å². The van der Waals surface area contributed by atoms with Crippen LogP contribution in [0.15, 0.2) is 48.7 Å². The maximum Gasteiger partial charge on any atom is 0.407 e. The largest absolute Gasteiger partial charge is 0.488 e. The molecule has 1 saturated carbocycles. The molecule has 354 valence electrons. The topological polar surface area (TPSA) is 193 Å². The fourth-order valence-electron chi connectivity index (χ4n) is 11.8. The molecule has 0 unspecified atom stereocenters. The molecular formula is C51H62N8O8. The summed E-state index contributed by atoms with van der Waals surface area (Å²) in [7, 11) is 2.64. The average Bonchev–Trinajstić information content (AvgIpc) is 4.22. The van der Waals surface area contributed by atoms with E-state index in [-0.39, 0.29) is 47.8 Å². The third-order valence-electron chi connectivity index (χ3n) is 15.6. The number of nitrogens with zero attached hydrogens (tertiary/aromatic N) is 4. The van der Waals surface area contributed by atoms with Crippen molar-refractivity contribution < 1.29 is 38.1 Å². The number of imidazole rings is 2. The molecule has 0 spiro atoms. The van der Waals surface area contributed by atoms with Crippen LogP contribution in [0.1, 0.15) is 114 Å². The molecule has 4 aliphatic heterocycles. The lowest BCUT2D eigenvalue weighted by Crippen LogP contribution is -2.54. The van der Waals surface area contributed by atoms with Crippen LogP contribution in [0.5, 0.6) is 5.75 Å². The second kappa shape index (κ2) is 18.5. The summed E-state index contributed by atoms with van der Waals surface area (Å²) in [4.78, 5) is 75.1. The van der Waals surface area contributed by atoms with Crippen LogP contribution in [0.4, 0.5) is 9.59 Å². The lowest BCUT2D eigenvalue weighted by atomic mass is 9.90. The molecule has 67 heavy (non-hydrogen) atoms. The van der Waals surface area contributed by atoms with Gasteiger partial charge >= 0.3 is 12.2 Å². The zero-order chi connectivity index (χ0) is 46.5. The Kier molecular flexibility index (Phi) is 12.3. The number of rotatable bonds is 11. The zero-order valence-corrected chi connectivity index (χ0v) is 39.1. The van der Waals surface area contributed by atoms with Gasteiger partial charge in [0.25, 0.3) is 0 Å². The molecule has 6 heterocycles. The van der Waals surface area contributed by atoms with Crippen LogP contribution >= 0.6 is 0 Å². The molecule has 10 rings (SSSR count). The van der Waals surface area contributed by atoms with E-state index in [9.17, 15) is 19.2 Å². The Hall–Kier alpha value is -6.16. The molecule has 5 aromatic rings. The number of methoxy groups -OCH3 is 2. The Morgan fingerprint density at radius 2 is 1.66 bits per heavy atom. The summed E-state index contributed by atoms with van der Waals surface area (Å²) in [6.07, 6.45) is 9.04. The monoisotopic (exact) mass is 914 g/mol. The van der Waals surface area contributed by atoms with Gasteiger partial charge in [-0.2, -0.15) is 0 Å². The number of benzene rings is 3. The average molecular weight is 915 g/mol. The van der Waals surface area contributed by atoms with Gasteiger partial charge in [0.05, 0.1) is 49.2 Å². The predicted molar refractivity (Wildman–Crippen MR) is 251 cm³/mol. The number of hydrogen-bond acceptors (Lipinski definition) is 10. The van der Waals surface area contributed by atoms with Crippen molar-refractivity contribution in [2.75, 3.05) is 27.4 Å². The molecule has 2 aromatic heterocycles. The number of carbonyl (C=O) groups excluding carboxylic acids is 4. The van der Waals surface area contributed by atoms with Gasteiger partial charge in [0, 0.05) is 36.2 Å².